The van der Waals surface area contributed by atoms with Gasteiger partial charge in [-0.2, -0.15) is 0 Å². The fraction of sp³-hybridized carbons (Fsp3) is 0.533. The molecule has 1 atom stereocenters. The lowest BCUT2D eigenvalue weighted by Gasteiger charge is -2.32. The number of ether oxygens (including phenoxy) is 1. The zero-order valence-corrected chi connectivity index (χ0v) is 13.7. The highest BCUT2D eigenvalue weighted by Crippen LogP contribution is 2.14. The topological polar surface area (TPSA) is 75.7 Å². The lowest BCUT2D eigenvalue weighted by molar-refractivity contribution is 0.0709. The van der Waals surface area contributed by atoms with Crippen LogP contribution in [0.4, 0.5) is 0 Å². The standard InChI is InChI=1S/C15H22N2O4S/c1-12-11-17(8-7-16-12)15(18)13-3-5-14(6-4-13)22(19,20)10-9-21-2/h3-6,12,16H,7-11H2,1-2H3/t12-/m0/s1. The Balaban J connectivity index is 2.10. The van der Waals surface area contributed by atoms with E-state index in [9.17, 15) is 13.2 Å². The molecule has 1 amide bonds. The number of nitrogens with zero attached hydrogens (tertiary/aromatic N) is 1. The van der Waals surface area contributed by atoms with Crippen LogP contribution in [0.3, 0.4) is 0 Å². The normalized spacial score (nSPS) is 19.2. The fourth-order valence-electron chi connectivity index (χ4n) is 2.42. The number of sulfone groups is 1. The molecule has 0 unspecified atom stereocenters. The highest BCUT2D eigenvalue weighted by atomic mass is 32.2. The van der Waals surface area contributed by atoms with Crippen molar-refractivity contribution in [3.63, 3.8) is 0 Å². The summed E-state index contributed by atoms with van der Waals surface area (Å²) in [6.07, 6.45) is 0. The number of hydrogen-bond acceptors (Lipinski definition) is 5. The van der Waals surface area contributed by atoms with E-state index in [-0.39, 0.29) is 29.2 Å². The van der Waals surface area contributed by atoms with Crippen molar-refractivity contribution >= 4 is 15.7 Å². The van der Waals surface area contributed by atoms with Crippen LogP contribution in [0.25, 0.3) is 0 Å². The van der Waals surface area contributed by atoms with Crippen molar-refractivity contribution in [2.45, 2.75) is 17.9 Å². The molecule has 0 bridgehead atoms. The Bertz CT molecular complexity index is 613. The summed E-state index contributed by atoms with van der Waals surface area (Å²) >= 11 is 0. The molecule has 0 aromatic heterocycles. The summed E-state index contributed by atoms with van der Waals surface area (Å²) in [5, 5.41) is 3.28. The molecule has 1 heterocycles. The van der Waals surface area contributed by atoms with Crippen LogP contribution in [0.5, 0.6) is 0 Å². The molecular weight excluding hydrogens is 304 g/mol. The first-order valence-corrected chi connectivity index (χ1v) is 8.93. The van der Waals surface area contributed by atoms with Crippen molar-refractivity contribution in [3.05, 3.63) is 29.8 Å². The highest BCUT2D eigenvalue weighted by Gasteiger charge is 2.22. The molecule has 6 nitrogen and oxygen atoms in total. The van der Waals surface area contributed by atoms with E-state index in [1.54, 1.807) is 17.0 Å². The molecule has 22 heavy (non-hydrogen) atoms. The van der Waals surface area contributed by atoms with Crippen molar-refractivity contribution in [1.82, 2.24) is 10.2 Å². The number of amides is 1. The largest absolute Gasteiger partial charge is 0.384 e. The van der Waals surface area contributed by atoms with Crippen molar-refractivity contribution in [3.8, 4) is 0 Å². The van der Waals surface area contributed by atoms with E-state index in [2.05, 4.69) is 5.32 Å². The first-order valence-electron chi connectivity index (χ1n) is 7.28. The molecule has 1 saturated heterocycles. The predicted molar refractivity (Wildman–Crippen MR) is 83.7 cm³/mol. The minimum Gasteiger partial charge on any atom is -0.384 e. The maximum Gasteiger partial charge on any atom is 0.253 e. The molecule has 0 spiro atoms. The summed E-state index contributed by atoms with van der Waals surface area (Å²) in [4.78, 5) is 14.4. The monoisotopic (exact) mass is 326 g/mol. The van der Waals surface area contributed by atoms with Gasteiger partial charge in [0, 0.05) is 38.3 Å². The van der Waals surface area contributed by atoms with E-state index in [4.69, 9.17) is 4.74 Å². The van der Waals surface area contributed by atoms with Crippen LogP contribution in [0.15, 0.2) is 29.2 Å². The first-order chi connectivity index (χ1) is 10.4. The Labute approximate surface area is 131 Å². The van der Waals surface area contributed by atoms with Gasteiger partial charge in [0.15, 0.2) is 9.84 Å². The van der Waals surface area contributed by atoms with Crippen molar-refractivity contribution < 1.29 is 17.9 Å². The van der Waals surface area contributed by atoms with Gasteiger partial charge in [-0.1, -0.05) is 0 Å². The number of piperazine rings is 1. The molecule has 0 saturated carbocycles. The van der Waals surface area contributed by atoms with Crippen LogP contribution in [0, 0.1) is 0 Å². The van der Waals surface area contributed by atoms with Gasteiger partial charge in [-0.3, -0.25) is 4.79 Å². The molecule has 1 aliphatic rings. The number of nitrogens with one attached hydrogen (secondary N) is 1. The quantitative estimate of drug-likeness (QED) is 0.855. The molecule has 122 valence electrons. The Hall–Kier alpha value is -1.44. The summed E-state index contributed by atoms with van der Waals surface area (Å²) in [7, 11) is -1.89. The van der Waals surface area contributed by atoms with E-state index in [0.29, 0.717) is 18.7 Å². The average molecular weight is 326 g/mol. The van der Waals surface area contributed by atoms with Crippen LogP contribution in [0.2, 0.25) is 0 Å². The molecule has 2 rings (SSSR count). The number of methoxy groups -OCH3 is 1. The van der Waals surface area contributed by atoms with E-state index in [0.717, 1.165) is 6.54 Å². The first kappa shape index (κ1) is 16.9. The second-order valence-electron chi connectivity index (χ2n) is 5.44. The molecule has 1 fully saturated rings. The van der Waals surface area contributed by atoms with Crippen LogP contribution in [0.1, 0.15) is 17.3 Å². The SMILES string of the molecule is COCCS(=O)(=O)c1ccc(C(=O)N2CCN[C@@H](C)C2)cc1. The second-order valence-corrected chi connectivity index (χ2v) is 7.55. The number of carbonyl (C=O) groups excluding carboxylic acids is 1. The van der Waals surface area contributed by atoms with Crippen LogP contribution < -0.4 is 5.32 Å². The van der Waals surface area contributed by atoms with Gasteiger partial charge in [-0.25, -0.2) is 8.42 Å². The molecule has 0 aliphatic carbocycles. The van der Waals surface area contributed by atoms with E-state index < -0.39 is 9.84 Å². The third-order valence-electron chi connectivity index (χ3n) is 3.67. The van der Waals surface area contributed by atoms with Gasteiger partial charge in [0.2, 0.25) is 0 Å². The second kappa shape index (κ2) is 7.21. The Kier molecular flexibility index (Phi) is 5.55. The van der Waals surface area contributed by atoms with Gasteiger partial charge in [-0.15, -0.1) is 0 Å². The zero-order chi connectivity index (χ0) is 16.2. The van der Waals surface area contributed by atoms with Crippen molar-refractivity contribution in [2.75, 3.05) is 39.1 Å². The van der Waals surface area contributed by atoms with E-state index in [1.807, 2.05) is 6.92 Å². The van der Waals surface area contributed by atoms with E-state index >= 15 is 0 Å². The number of benzene rings is 1. The van der Waals surface area contributed by atoms with Gasteiger partial charge in [0.05, 0.1) is 17.3 Å². The molecule has 1 aromatic rings. The Morgan fingerprint density at radius 3 is 2.64 bits per heavy atom. The van der Waals surface area contributed by atoms with Crippen LogP contribution in [-0.2, 0) is 14.6 Å². The number of rotatable bonds is 5. The summed E-state index contributed by atoms with van der Waals surface area (Å²) < 4.78 is 28.9. The van der Waals surface area contributed by atoms with Gasteiger partial charge in [-0.05, 0) is 31.2 Å². The van der Waals surface area contributed by atoms with Gasteiger partial charge >= 0.3 is 0 Å². The summed E-state index contributed by atoms with van der Waals surface area (Å²) in [6, 6.07) is 6.41. The molecule has 7 heteroatoms. The molecular formula is C15H22N2O4S. The highest BCUT2D eigenvalue weighted by molar-refractivity contribution is 7.91. The van der Waals surface area contributed by atoms with E-state index in [1.165, 1.54) is 19.2 Å². The molecule has 1 aliphatic heterocycles. The molecule has 1 aromatic carbocycles. The summed E-state index contributed by atoms with van der Waals surface area (Å²) in [5.74, 6) is -0.124. The lowest BCUT2D eigenvalue weighted by atomic mass is 10.1. The summed E-state index contributed by atoms with van der Waals surface area (Å²) in [5.41, 5.74) is 0.514. The lowest BCUT2D eigenvalue weighted by Crippen LogP contribution is -2.51. The third-order valence-corrected chi connectivity index (χ3v) is 5.37. The van der Waals surface area contributed by atoms with Crippen molar-refractivity contribution in [1.29, 1.82) is 0 Å². The van der Waals surface area contributed by atoms with Crippen LogP contribution in [-0.4, -0.2) is 64.4 Å². The average Bonchev–Trinajstić information content (AvgIpc) is 2.52. The van der Waals surface area contributed by atoms with Crippen LogP contribution >= 0.6 is 0 Å². The zero-order valence-electron chi connectivity index (χ0n) is 12.9. The molecule has 1 N–H and O–H groups in total. The number of hydrogen-bond donors (Lipinski definition) is 1. The minimum absolute atomic E-state index is 0.0609. The Morgan fingerprint density at radius 2 is 2.05 bits per heavy atom. The van der Waals surface area contributed by atoms with Gasteiger partial charge < -0.3 is 15.0 Å². The van der Waals surface area contributed by atoms with Gasteiger partial charge in [0.1, 0.15) is 0 Å². The molecule has 0 radical (unpaired) electrons. The predicted octanol–water partition coefficient (Wildman–Crippen LogP) is 0.541. The van der Waals surface area contributed by atoms with Crippen molar-refractivity contribution in [2.24, 2.45) is 0 Å². The Morgan fingerprint density at radius 1 is 1.36 bits per heavy atom. The number of carbonyl (C=O) groups is 1. The minimum atomic E-state index is -3.36. The summed E-state index contributed by atoms with van der Waals surface area (Å²) in [6.45, 7) is 4.28. The maximum absolute atomic E-state index is 12.4. The smallest absolute Gasteiger partial charge is 0.253 e. The third kappa shape index (κ3) is 4.06. The van der Waals surface area contributed by atoms with Gasteiger partial charge in [0.25, 0.3) is 5.91 Å². The maximum atomic E-state index is 12.4. The fourth-order valence-corrected chi connectivity index (χ4v) is 3.59.